The van der Waals surface area contributed by atoms with Crippen molar-refractivity contribution in [2.45, 2.75) is 39.0 Å². The van der Waals surface area contributed by atoms with Gasteiger partial charge in [0.25, 0.3) is 0 Å². The lowest BCUT2D eigenvalue weighted by Crippen LogP contribution is -2.11. The van der Waals surface area contributed by atoms with E-state index in [1.807, 2.05) is 24.3 Å². The standard InChI is InChI=1S/C29H26Cl2O6/c1-29(2,3)18-6-9-20(10-7-18)36-26-17-35-25-16-21(11-12-22(25)28(26)33)37-27(32)5-4-14-34-24-13-8-19(30)15-23(24)31/h6-13,15-17H,4-5,14H2,1-3H3. The quantitative estimate of drug-likeness (QED) is 0.128. The molecule has 0 amide bonds. The van der Waals surface area contributed by atoms with Crippen LogP contribution in [0, 0.1) is 0 Å². The maximum Gasteiger partial charge on any atom is 0.311 e. The summed E-state index contributed by atoms with van der Waals surface area (Å²) >= 11 is 11.9. The van der Waals surface area contributed by atoms with Gasteiger partial charge in [0.05, 0.1) is 17.0 Å². The van der Waals surface area contributed by atoms with Crippen molar-refractivity contribution in [1.82, 2.24) is 0 Å². The highest BCUT2D eigenvalue weighted by molar-refractivity contribution is 6.35. The van der Waals surface area contributed by atoms with Crippen molar-refractivity contribution in [2.24, 2.45) is 0 Å². The summed E-state index contributed by atoms with van der Waals surface area (Å²) in [6, 6.07) is 17.1. The van der Waals surface area contributed by atoms with Crippen LogP contribution in [0.1, 0.15) is 39.2 Å². The average molecular weight is 541 g/mol. The molecule has 0 saturated carbocycles. The van der Waals surface area contributed by atoms with Gasteiger partial charge in [0.1, 0.15) is 29.1 Å². The molecular formula is C29H26Cl2O6. The molecule has 4 rings (SSSR count). The third-order valence-corrected chi connectivity index (χ3v) is 6.10. The minimum atomic E-state index is -0.439. The molecule has 0 atom stereocenters. The van der Waals surface area contributed by atoms with Gasteiger partial charge in [-0.15, -0.1) is 0 Å². The SMILES string of the molecule is CC(C)(C)c1ccc(Oc2coc3cc(OC(=O)CCCOc4ccc(Cl)cc4Cl)ccc3c2=O)cc1. The highest BCUT2D eigenvalue weighted by Gasteiger charge is 2.15. The zero-order chi connectivity index (χ0) is 26.6. The van der Waals surface area contributed by atoms with E-state index < -0.39 is 5.97 Å². The second-order valence-electron chi connectivity index (χ2n) is 9.46. The lowest BCUT2D eigenvalue weighted by atomic mass is 9.87. The molecule has 1 aromatic heterocycles. The second-order valence-corrected chi connectivity index (χ2v) is 10.3. The molecule has 0 aliphatic rings. The van der Waals surface area contributed by atoms with E-state index in [1.54, 1.807) is 30.3 Å². The fourth-order valence-corrected chi connectivity index (χ4v) is 4.01. The number of carbonyl (C=O) groups is 1. The minimum Gasteiger partial charge on any atom is -0.492 e. The monoisotopic (exact) mass is 540 g/mol. The number of halogens is 2. The minimum absolute atomic E-state index is 0.0150. The Morgan fingerprint density at radius 1 is 0.919 bits per heavy atom. The van der Waals surface area contributed by atoms with Crippen LogP contribution in [0.5, 0.6) is 23.0 Å². The molecule has 4 aromatic rings. The van der Waals surface area contributed by atoms with E-state index in [0.29, 0.717) is 33.4 Å². The molecule has 0 fully saturated rings. The van der Waals surface area contributed by atoms with Crippen molar-refractivity contribution < 1.29 is 23.4 Å². The van der Waals surface area contributed by atoms with Gasteiger partial charge in [0.15, 0.2) is 0 Å². The number of carbonyl (C=O) groups excluding carboxylic acids is 1. The van der Waals surface area contributed by atoms with E-state index in [4.69, 9.17) is 41.8 Å². The van der Waals surface area contributed by atoms with E-state index in [2.05, 4.69) is 20.8 Å². The molecule has 0 saturated heterocycles. The van der Waals surface area contributed by atoms with Gasteiger partial charge in [-0.05, 0) is 59.9 Å². The summed E-state index contributed by atoms with van der Waals surface area (Å²) < 4.78 is 22.3. The topological polar surface area (TPSA) is 75.0 Å². The summed E-state index contributed by atoms with van der Waals surface area (Å²) in [6.45, 7) is 6.66. The molecule has 0 bridgehead atoms. The number of benzene rings is 3. The Morgan fingerprint density at radius 2 is 1.65 bits per heavy atom. The summed E-state index contributed by atoms with van der Waals surface area (Å²) in [6.07, 6.45) is 1.82. The van der Waals surface area contributed by atoms with Crippen LogP contribution in [0.25, 0.3) is 11.0 Å². The van der Waals surface area contributed by atoms with Gasteiger partial charge in [-0.3, -0.25) is 9.59 Å². The molecule has 0 aliphatic heterocycles. The third-order valence-electron chi connectivity index (χ3n) is 5.57. The lowest BCUT2D eigenvalue weighted by Gasteiger charge is -2.19. The average Bonchev–Trinajstić information content (AvgIpc) is 2.84. The van der Waals surface area contributed by atoms with Gasteiger partial charge in [0, 0.05) is 17.5 Å². The number of ether oxygens (including phenoxy) is 3. The van der Waals surface area contributed by atoms with Crippen LogP contribution in [0.3, 0.4) is 0 Å². The first-order valence-corrected chi connectivity index (χ1v) is 12.5. The van der Waals surface area contributed by atoms with Gasteiger partial charge < -0.3 is 18.6 Å². The number of rotatable bonds is 8. The molecule has 0 unspecified atom stereocenters. The Balaban J connectivity index is 1.35. The largest absolute Gasteiger partial charge is 0.492 e. The predicted molar refractivity (Wildman–Crippen MR) is 145 cm³/mol. The van der Waals surface area contributed by atoms with E-state index in [0.717, 1.165) is 5.56 Å². The number of hydrogen-bond donors (Lipinski definition) is 0. The Hall–Kier alpha value is -3.48. The fourth-order valence-electron chi connectivity index (χ4n) is 3.55. The Bertz CT molecular complexity index is 1470. The second kappa shape index (κ2) is 11.3. The van der Waals surface area contributed by atoms with E-state index in [1.165, 1.54) is 12.3 Å². The maximum atomic E-state index is 12.9. The van der Waals surface area contributed by atoms with Crippen molar-refractivity contribution in [2.75, 3.05) is 6.61 Å². The summed E-state index contributed by atoms with van der Waals surface area (Å²) in [7, 11) is 0. The zero-order valence-electron chi connectivity index (χ0n) is 20.7. The molecule has 6 nitrogen and oxygen atoms in total. The molecular weight excluding hydrogens is 515 g/mol. The Morgan fingerprint density at radius 3 is 2.35 bits per heavy atom. The number of hydrogen-bond acceptors (Lipinski definition) is 6. The van der Waals surface area contributed by atoms with Crippen molar-refractivity contribution in [1.29, 1.82) is 0 Å². The Labute approximate surface area is 224 Å². The highest BCUT2D eigenvalue weighted by atomic mass is 35.5. The summed E-state index contributed by atoms with van der Waals surface area (Å²) in [5, 5.41) is 1.23. The smallest absolute Gasteiger partial charge is 0.311 e. The van der Waals surface area contributed by atoms with Crippen LogP contribution in [0.15, 0.2) is 76.1 Å². The van der Waals surface area contributed by atoms with Gasteiger partial charge in [-0.1, -0.05) is 56.1 Å². The molecule has 1 heterocycles. The zero-order valence-corrected chi connectivity index (χ0v) is 22.2. The fraction of sp³-hybridized carbons (Fsp3) is 0.241. The lowest BCUT2D eigenvalue weighted by molar-refractivity contribution is -0.134. The van der Waals surface area contributed by atoms with E-state index >= 15 is 0 Å². The van der Waals surface area contributed by atoms with Crippen molar-refractivity contribution in [3.63, 3.8) is 0 Å². The van der Waals surface area contributed by atoms with Crippen LogP contribution < -0.4 is 19.6 Å². The van der Waals surface area contributed by atoms with Crippen LogP contribution in [-0.2, 0) is 10.2 Å². The van der Waals surface area contributed by atoms with Gasteiger partial charge in [-0.25, -0.2) is 0 Å². The third kappa shape index (κ3) is 6.85. The maximum absolute atomic E-state index is 12.9. The summed E-state index contributed by atoms with van der Waals surface area (Å²) in [5.41, 5.74) is 1.13. The summed E-state index contributed by atoms with van der Waals surface area (Å²) in [5.74, 6) is 0.934. The van der Waals surface area contributed by atoms with Gasteiger partial charge in [0.2, 0.25) is 11.2 Å². The van der Waals surface area contributed by atoms with E-state index in [-0.39, 0.29) is 41.0 Å². The van der Waals surface area contributed by atoms with E-state index in [9.17, 15) is 9.59 Å². The summed E-state index contributed by atoms with van der Waals surface area (Å²) in [4.78, 5) is 25.2. The van der Waals surface area contributed by atoms with Crippen LogP contribution in [-0.4, -0.2) is 12.6 Å². The number of fused-ring (bicyclic) bond motifs is 1. The van der Waals surface area contributed by atoms with Crippen molar-refractivity contribution in [3.05, 3.63) is 92.8 Å². The first-order chi connectivity index (χ1) is 17.6. The van der Waals surface area contributed by atoms with Crippen LogP contribution in [0.4, 0.5) is 0 Å². The molecule has 192 valence electrons. The molecule has 0 N–H and O–H groups in total. The number of esters is 1. The molecule has 0 spiro atoms. The normalized spacial score (nSPS) is 11.4. The van der Waals surface area contributed by atoms with Crippen molar-refractivity contribution >= 4 is 40.1 Å². The predicted octanol–water partition coefficient (Wildman–Crippen LogP) is 7.95. The first-order valence-electron chi connectivity index (χ1n) is 11.7. The van der Waals surface area contributed by atoms with Gasteiger partial charge in [-0.2, -0.15) is 0 Å². The Kier molecular flexibility index (Phi) is 8.10. The van der Waals surface area contributed by atoms with Crippen LogP contribution in [0.2, 0.25) is 10.0 Å². The van der Waals surface area contributed by atoms with Crippen molar-refractivity contribution in [3.8, 4) is 23.0 Å². The molecule has 8 heteroatoms. The molecule has 37 heavy (non-hydrogen) atoms. The molecule has 3 aromatic carbocycles. The molecule has 0 aliphatic carbocycles. The highest BCUT2D eigenvalue weighted by Crippen LogP contribution is 2.29. The molecule has 0 radical (unpaired) electrons. The van der Waals surface area contributed by atoms with Crippen LogP contribution >= 0.6 is 23.2 Å². The first kappa shape index (κ1) is 26.6. The van der Waals surface area contributed by atoms with Gasteiger partial charge >= 0.3 is 5.97 Å².